The molecule has 0 spiro atoms. The molecule has 2 aromatic rings. The molecule has 0 fully saturated rings. The monoisotopic (exact) mass is 353 g/mol. The van der Waals surface area contributed by atoms with Crippen molar-refractivity contribution in [3.05, 3.63) is 47.9 Å². The molecule has 0 saturated heterocycles. The first-order valence-corrected chi connectivity index (χ1v) is 8.78. The van der Waals surface area contributed by atoms with Crippen LogP contribution in [0, 0.1) is 0 Å². The highest BCUT2D eigenvalue weighted by Gasteiger charge is 2.23. The standard InChI is InChI=1S/C16H19NO6S/c1-11(5-7-13-4-3-9-23-13)17-24(20,21)15-10-12(16(18)19)6-8-14(15)22-2/h3-4,6,8-11,17H,5,7H2,1-2H3,(H,18,19)/t11-/m1/s1. The maximum Gasteiger partial charge on any atom is 0.335 e. The maximum absolute atomic E-state index is 12.6. The molecular formula is C16H19NO6S. The zero-order valence-corrected chi connectivity index (χ0v) is 14.2. The van der Waals surface area contributed by atoms with E-state index in [4.69, 9.17) is 14.3 Å². The lowest BCUT2D eigenvalue weighted by atomic mass is 10.2. The SMILES string of the molecule is COc1ccc(C(=O)O)cc1S(=O)(=O)N[C@H](C)CCc1ccco1. The van der Waals surface area contributed by atoms with Crippen molar-refractivity contribution in [2.45, 2.75) is 30.7 Å². The average Bonchev–Trinajstić information content (AvgIpc) is 3.05. The number of carboxylic acids is 1. The topological polar surface area (TPSA) is 106 Å². The molecule has 0 saturated carbocycles. The van der Waals surface area contributed by atoms with E-state index in [9.17, 15) is 13.2 Å². The highest BCUT2D eigenvalue weighted by molar-refractivity contribution is 7.89. The molecule has 2 rings (SSSR count). The summed E-state index contributed by atoms with van der Waals surface area (Å²) in [5.74, 6) is -0.350. The second-order valence-electron chi connectivity index (χ2n) is 5.31. The molecule has 0 radical (unpaired) electrons. The fourth-order valence-corrected chi connectivity index (χ4v) is 3.69. The van der Waals surface area contributed by atoms with E-state index in [1.165, 1.54) is 19.2 Å². The highest BCUT2D eigenvalue weighted by atomic mass is 32.2. The Kier molecular flexibility index (Phi) is 5.63. The van der Waals surface area contributed by atoms with Crippen LogP contribution in [0.5, 0.6) is 5.75 Å². The molecule has 0 bridgehead atoms. The van der Waals surface area contributed by atoms with Crippen molar-refractivity contribution in [2.24, 2.45) is 0 Å². The van der Waals surface area contributed by atoms with Crippen LogP contribution in [0.25, 0.3) is 0 Å². The predicted molar refractivity (Wildman–Crippen MR) is 86.8 cm³/mol. The minimum atomic E-state index is -3.92. The van der Waals surface area contributed by atoms with Crippen molar-refractivity contribution < 1.29 is 27.5 Å². The van der Waals surface area contributed by atoms with Crippen molar-refractivity contribution in [2.75, 3.05) is 7.11 Å². The maximum atomic E-state index is 12.6. The van der Waals surface area contributed by atoms with Gasteiger partial charge in [-0.2, -0.15) is 0 Å². The molecule has 1 aromatic carbocycles. The largest absolute Gasteiger partial charge is 0.495 e. The Morgan fingerprint density at radius 3 is 2.71 bits per heavy atom. The van der Waals surface area contributed by atoms with Crippen LogP contribution >= 0.6 is 0 Å². The van der Waals surface area contributed by atoms with Gasteiger partial charge in [0.15, 0.2) is 0 Å². The molecule has 130 valence electrons. The molecule has 1 aromatic heterocycles. The van der Waals surface area contributed by atoms with Gasteiger partial charge in [0.2, 0.25) is 10.0 Å². The quantitative estimate of drug-likeness (QED) is 0.754. The Morgan fingerprint density at radius 1 is 1.38 bits per heavy atom. The van der Waals surface area contributed by atoms with Gasteiger partial charge in [0.1, 0.15) is 16.4 Å². The van der Waals surface area contributed by atoms with E-state index in [2.05, 4.69) is 4.72 Å². The van der Waals surface area contributed by atoms with Gasteiger partial charge in [0.25, 0.3) is 0 Å². The van der Waals surface area contributed by atoms with Gasteiger partial charge in [0.05, 0.1) is 18.9 Å². The third-order valence-electron chi connectivity index (χ3n) is 3.46. The van der Waals surface area contributed by atoms with Crippen LogP contribution in [0.3, 0.4) is 0 Å². The molecule has 0 unspecified atom stereocenters. The Balaban J connectivity index is 2.16. The van der Waals surface area contributed by atoms with E-state index in [1.807, 2.05) is 6.07 Å². The summed E-state index contributed by atoms with van der Waals surface area (Å²) >= 11 is 0. The normalized spacial score (nSPS) is 12.8. The lowest BCUT2D eigenvalue weighted by Gasteiger charge is -2.16. The van der Waals surface area contributed by atoms with Crippen molar-refractivity contribution in [3.63, 3.8) is 0 Å². The Hall–Kier alpha value is -2.32. The van der Waals surface area contributed by atoms with E-state index in [-0.39, 0.29) is 22.3 Å². The summed E-state index contributed by atoms with van der Waals surface area (Å²) in [6, 6.07) is 6.93. The van der Waals surface area contributed by atoms with Gasteiger partial charge >= 0.3 is 5.97 Å². The summed E-state index contributed by atoms with van der Waals surface area (Å²) in [7, 11) is -2.59. The molecule has 0 aliphatic rings. The summed E-state index contributed by atoms with van der Waals surface area (Å²) in [6.07, 6.45) is 2.68. The molecule has 8 heteroatoms. The van der Waals surface area contributed by atoms with Gasteiger partial charge < -0.3 is 14.3 Å². The first kappa shape index (κ1) is 18.0. The molecule has 0 aliphatic heterocycles. The van der Waals surface area contributed by atoms with E-state index in [0.717, 1.165) is 11.8 Å². The minimum Gasteiger partial charge on any atom is -0.495 e. The number of aromatic carboxylic acids is 1. The van der Waals surface area contributed by atoms with Crippen molar-refractivity contribution in [3.8, 4) is 5.75 Å². The smallest absolute Gasteiger partial charge is 0.335 e. The van der Waals surface area contributed by atoms with Crippen molar-refractivity contribution >= 4 is 16.0 Å². The number of benzene rings is 1. The number of carbonyl (C=O) groups is 1. The van der Waals surface area contributed by atoms with Crippen LogP contribution in [0.2, 0.25) is 0 Å². The Morgan fingerprint density at radius 2 is 2.12 bits per heavy atom. The van der Waals surface area contributed by atoms with Crippen LogP contribution in [0.4, 0.5) is 0 Å². The Bertz CT molecular complexity index is 798. The number of aryl methyl sites for hydroxylation is 1. The van der Waals surface area contributed by atoms with Gasteiger partial charge in [-0.05, 0) is 43.7 Å². The highest BCUT2D eigenvalue weighted by Crippen LogP contribution is 2.25. The van der Waals surface area contributed by atoms with Crippen LogP contribution < -0.4 is 9.46 Å². The van der Waals surface area contributed by atoms with E-state index in [1.54, 1.807) is 19.3 Å². The van der Waals surface area contributed by atoms with Crippen molar-refractivity contribution in [1.29, 1.82) is 0 Å². The molecular weight excluding hydrogens is 334 g/mol. The first-order chi connectivity index (χ1) is 11.3. The second kappa shape index (κ2) is 7.50. The van der Waals surface area contributed by atoms with Crippen LogP contribution in [-0.2, 0) is 16.4 Å². The fourth-order valence-electron chi connectivity index (χ4n) is 2.22. The Labute approximate surface area is 140 Å². The van der Waals surface area contributed by atoms with Crippen LogP contribution in [-0.4, -0.2) is 32.6 Å². The summed E-state index contributed by atoms with van der Waals surface area (Å²) in [5, 5.41) is 9.04. The fraction of sp³-hybridized carbons (Fsp3) is 0.312. The van der Waals surface area contributed by atoms with Crippen LogP contribution in [0.15, 0.2) is 45.9 Å². The molecule has 0 amide bonds. The van der Waals surface area contributed by atoms with Crippen LogP contribution in [0.1, 0.15) is 29.5 Å². The molecule has 1 atom stereocenters. The zero-order chi connectivity index (χ0) is 17.7. The summed E-state index contributed by atoms with van der Waals surface area (Å²) in [6.45, 7) is 1.73. The number of ether oxygens (including phenoxy) is 1. The number of hydrogen-bond acceptors (Lipinski definition) is 5. The zero-order valence-electron chi connectivity index (χ0n) is 13.4. The number of furan rings is 1. The molecule has 24 heavy (non-hydrogen) atoms. The number of carboxylic acid groups (broad SMARTS) is 1. The minimum absolute atomic E-state index is 0.0886. The number of methoxy groups -OCH3 is 1. The van der Waals surface area contributed by atoms with Gasteiger partial charge in [-0.15, -0.1) is 0 Å². The summed E-state index contributed by atoms with van der Waals surface area (Å²) in [4.78, 5) is 10.9. The number of hydrogen-bond donors (Lipinski definition) is 2. The van der Waals surface area contributed by atoms with Gasteiger partial charge in [-0.1, -0.05) is 0 Å². The second-order valence-corrected chi connectivity index (χ2v) is 6.99. The number of rotatable bonds is 8. The van der Waals surface area contributed by atoms with Crippen molar-refractivity contribution in [1.82, 2.24) is 4.72 Å². The van der Waals surface area contributed by atoms with Gasteiger partial charge in [0, 0.05) is 12.5 Å². The van der Waals surface area contributed by atoms with Gasteiger partial charge in [-0.3, -0.25) is 0 Å². The molecule has 0 aliphatic carbocycles. The lowest BCUT2D eigenvalue weighted by molar-refractivity contribution is 0.0696. The third kappa shape index (κ3) is 4.36. The average molecular weight is 353 g/mol. The molecule has 1 heterocycles. The van der Waals surface area contributed by atoms with Gasteiger partial charge in [-0.25, -0.2) is 17.9 Å². The number of sulfonamides is 1. The predicted octanol–water partition coefficient (Wildman–Crippen LogP) is 2.29. The summed E-state index contributed by atoms with van der Waals surface area (Å²) < 4.78 is 37.9. The van der Waals surface area contributed by atoms with E-state index < -0.39 is 16.0 Å². The third-order valence-corrected chi connectivity index (χ3v) is 5.07. The number of nitrogens with one attached hydrogen (secondary N) is 1. The van der Waals surface area contributed by atoms with E-state index >= 15 is 0 Å². The molecule has 2 N–H and O–H groups in total. The summed E-state index contributed by atoms with van der Waals surface area (Å²) in [5.41, 5.74) is -0.126. The molecule has 7 nitrogen and oxygen atoms in total. The lowest BCUT2D eigenvalue weighted by Crippen LogP contribution is -2.33. The first-order valence-electron chi connectivity index (χ1n) is 7.29. The van der Waals surface area contributed by atoms with E-state index in [0.29, 0.717) is 12.8 Å².